The maximum Gasteiger partial charge on any atom is 0.388 e. The minimum absolute atomic E-state index is 0.0189. The first-order valence-corrected chi connectivity index (χ1v) is 13.3. The predicted octanol–water partition coefficient (Wildman–Crippen LogP) is 5.17. The molecule has 3 heterocycles. The molecule has 0 spiro atoms. The van der Waals surface area contributed by atoms with Crippen LogP contribution in [0.2, 0.25) is 0 Å². The number of ether oxygens (including phenoxy) is 1. The lowest BCUT2D eigenvalue weighted by molar-refractivity contribution is -0.384. The van der Waals surface area contributed by atoms with Crippen LogP contribution in [0, 0.1) is 21.7 Å². The van der Waals surface area contributed by atoms with Gasteiger partial charge in [-0.05, 0) is 55.6 Å². The smallest absolute Gasteiger partial charge is 0.388 e. The zero-order valence-corrected chi connectivity index (χ0v) is 23.3. The van der Waals surface area contributed by atoms with Gasteiger partial charge in [0.2, 0.25) is 5.88 Å². The molecule has 0 radical (unpaired) electrons. The molecular weight excluding hydrogens is 594 g/mol. The van der Waals surface area contributed by atoms with Crippen LogP contribution < -0.4 is 16.0 Å². The summed E-state index contributed by atoms with van der Waals surface area (Å²) in [6.45, 7) is -3.69. The molecule has 5 rings (SSSR count). The fourth-order valence-corrected chi connectivity index (χ4v) is 5.87. The average molecular weight is 616 g/mol. The van der Waals surface area contributed by atoms with Crippen LogP contribution in [0.5, 0.6) is 5.88 Å². The molecule has 15 heteroatoms. The van der Waals surface area contributed by atoms with Crippen LogP contribution in [-0.4, -0.2) is 44.6 Å². The van der Waals surface area contributed by atoms with Crippen molar-refractivity contribution >= 4 is 27.2 Å². The third-order valence-electron chi connectivity index (χ3n) is 6.41. The summed E-state index contributed by atoms with van der Waals surface area (Å²) < 4.78 is 61.4. The standard InChI is InChI=1S/C28H21F4N5O5S/c1-34(2)13-18-23-25(38)36(21-7-4-8-22(33-21)42-27(31)32)28(39)35(14-17-19(29)5-3-6-20(17)30)26(23)43-24(18)15-9-11-16(12-10-15)37(40)41/h3-12,27H,13-14H2,1-2H3. The number of aromatic nitrogens is 3. The molecule has 0 amide bonds. The van der Waals surface area contributed by atoms with E-state index in [-0.39, 0.29) is 28.3 Å². The van der Waals surface area contributed by atoms with E-state index in [1.165, 1.54) is 42.5 Å². The second-order valence-electron chi connectivity index (χ2n) is 9.55. The van der Waals surface area contributed by atoms with Crippen LogP contribution in [0.1, 0.15) is 11.1 Å². The van der Waals surface area contributed by atoms with Gasteiger partial charge in [0.1, 0.15) is 22.3 Å². The molecule has 0 aliphatic rings. The summed E-state index contributed by atoms with van der Waals surface area (Å²) in [4.78, 5) is 44.9. The van der Waals surface area contributed by atoms with Gasteiger partial charge in [0.05, 0.1) is 16.9 Å². The molecule has 10 nitrogen and oxygen atoms in total. The maximum absolute atomic E-state index is 14.8. The highest BCUT2D eigenvalue weighted by molar-refractivity contribution is 7.22. The SMILES string of the molecule is CN(C)Cc1c(-c2ccc([N+](=O)[O-])cc2)sc2c1c(=O)n(-c1cccc(OC(F)F)n1)c(=O)n2Cc1c(F)cccc1F. The Morgan fingerprint density at radius 2 is 1.65 bits per heavy atom. The highest BCUT2D eigenvalue weighted by Crippen LogP contribution is 2.38. The number of hydrogen-bond donors (Lipinski definition) is 0. The zero-order valence-electron chi connectivity index (χ0n) is 22.5. The van der Waals surface area contributed by atoms with Gasteiger partial charge in [-0.15, -0.1) is 11.3 Å². The quantitative estimate of drug-likeness (QED) is 0.128. The van der Waals surface area contributed by atoms with Gasteiger partial charge in [-0.25, -0.2) is 18.1 Å². The van der Waals surface area contributed by atoms with Gasteiger partial charge in [0.15, 0.2) is 0 Å². The molecular formula is C28H21F4N5O5S. The molecule has 0 saturated heterocycles. The molecule has 0 atom stereocenters. The van der Waals surface area contributed by atoms with E-state index in [9.17, 15) is 37.3 Å². The Hall–Kier alpha value is -4.89. The first-order valence-electron chi connectivity index (χ1n) is 12.5. The lowest BCUT2D eigenvalue weighted by Crippen LogP contribution is -2.39. The lowest BCUT2D eigenvalue weighted by Gasteiger charge is -2.15. The van der Waals surface area contributed by atoms with Crippen LogP contribution in [-0.2, 0) is 13.1 Å². The van der Waals surface area contributed by atoms with Crippen LogP contribution in [0.3, 0.4) is 0 Å². The summed E-state index contributed by atoms with van der Waals surface area (Å²) in [7, 11) is 3.47. The first kappa shape index (κ1) is 29.6. The zero-order chi connectivity index (χ0) is 31.0. The number of alkyl halides is 2. The first-order chi connectivity index (χ1) is 20.5. The van der Waals surface area contributed by atoms with E-state index in [1.54, 1.807) is 19.0 Å². The lowest BCUT2D eigenvalue weighted by atomic mass is 10.1. The van der Waals surface area contributed by atoms with Gasteiger partial charge in [0, 0.05) is 35.2 Å². The number of nitrogens with zero attached hydrogens (tertiary/aromatic N) is 5. The summed E-state index contributed by atoms with van der Waals surface area (Å²) in [5, 5.41) is 11.2. The van der Waals surface area contributed by atoms with Crippen molar-refractivity contribution in [1.29, 1.82) is 0 Å². The number of hydrogen-bond acceptors (Lipinski definition) is 8. The molecule has 5 aromatic rings. The molecule has 0 bridgehead atoms. The van der Waals surface area contributed by atoms with Gasteiger partial charge in [-0.2, -0.15) is 13.8 Å². The third kappa shape index (κ3) is 5.76. The molecule has 222 valence electrons. The maximum atomic E-state index is 14.8. The molecule has 0 aliphatic carbocycles. The van der Waals surface area contributed by atoms with Crippen molar-refractivity contribution in [3.63, 3.8) is 0 Å². The highest BCUT2D eigenvalue weighted by atomic mass is 32.1. The average Bonchev–Trinajstić information content (AvgIpc) is 3.31. The van der Waals surface area contributed by atoms with Crippen LogP contribution in [0.25, 0.3) is 26.5 Å². The second-order valence-corrected chi connectivity index (χ2v) is 10.6. The Balaban J connectivity index is 1.87. The molecule has 3 aromatic heterocycles. The topological polar surface area (TPSA) is 112 Å². The Bertz CT molecular complexity index is 1950. The Morgan fingerprint density at radius 3 is 2.26 bits per heavy atom. The van der Waals surface area contributed by atoms with E-state index in [2.05, 4.69) is 9.72 Å². The van der Waals surface area contributed by atoms with E-state index in [0.717, 1.165) is 34.1 Å². The van der Waals surface area contributed by atoms with Crippen molar-refractivity contribution in [3.8, 4) is 22.1 Å². The van der Waals surface area contributed by atoms with Crippen molar-refractivity contribution in [2.45, 2.75) is 19.7 Å². The summed E-state index contributed by atoms with van der Waals surface area (Å²) in [6.07, 6.45) is 0. The summed E-state index contributed by atoms with van der Waals surface area (Å²) in [5.74, 6) is -2.76. The van der Waals surface area contributed by atoms with Crippen molar-refractivity contribution in [1.82, 2.24) is 19.0 Å². The number of fused-ring (bicyclic) bond motifs is 1. The van der Waals surface area contributed by atoms with Crippen molar-refractivity contribution < 1.29 is 27.2 Å². The largest absolute Gasteiger partial charge is 0.417 e. The number of pyridine rings is 1. The fourth-order valence-electron chi connectivity index (χ4n) is 4.57. The van der Waals surface area contributed by atoms with Crippen molar-refractivity contribution in [2.24, 2.45) is 0 Å². The number of nitro benzene ring substituents is 1. The number of rotatable bonds is 9. The van der Waals surface area contributed by atoms with Crippen LogP contribution in [0.15, 0.2) is 70.3 Å². The minimum Gasteiger partial charge on any atom is -0.417 e. The molecule has 0 unspecified atom stereocenters. The molecule has 0 fully saturated rings. The monoisotopic (exact) mass is 615 g/mol. The normalized spacial score (nSPS) is 11.5. The molecule has 2 aromatic carbocycles. The number of non-ortho nitro benzene ring substituents is 1. The molecule has 0 saturated carbocycles. The fraction of sp³-hybridized carbons (Fsp3) is 0.179. The number of halogens is 4. The van der Waals surface area contributed by atoms with E-state index in [4.69, 9.17) is 0 Å². The van der Waals surface area contributed by atoms with Gasteiger partial charge in [-0.3, -0.25) is 19.5 Å². The minimum atomic E-state index is -3.23. The van der Waals surface area contributed by atoms with Crippen molar-refractivity contribution in [3.05, 3.63) is 114 Å². The van der Waals surface area contributed by atoms with E-state index >= 15 is 0 Å². The summed E-state index contributed by atoms with van der Waals surface area (Å²) >= 11 is 0.999. The molecule has 43 heavy (non-hydrogen) atoms. The second kappa shape index (κ2) is 11.8. The van der Waals surface area contributed by atoms with Crippen LogP contribution in [0.4, 0.5) is 23.2 Å². The molecule has 0 aliphatic heterocycles. The van der Waals surface area contributed by atoms with Gasteiger partial charge >= 0.3 is 12.3 Å². The summed E-state index contributed by atoms with van der Waals surface area (Å²) in [6, 6.07) is 12.4. The van der Waals surface area contributed by atoms with Crippen molar-refractivity contribution in [2.75, 3.05) is 14.1 Å². The van der Waals surface area contributed by atoms with E-state index in [0.29, 0.717) is 20.6 Å². The van der Waals surface area contributed by atoms with E-state index < -0.39 is 52.4 Å². The Labute approximate surface area is 243 Å². The Kier molecular flexibility index (Phi) is 8.10. The number of benzene rings is 2. The Morgan fingerprint density at radius 1 is 1.00 bits per heavy atom. The number of nitro groups is 1. The third-order valence-corrected chi connectivity index (χ3v) is 7.72. The molecule has 0 N–H and O–H groups in total. The van der Waals surface area contributed by atoms with Gasteiger partial charge in [0.25, 0.3) is 11.2 Å². The number of thiophene rings is 1. The van der Waals surface area contributed by atoms with Gasteiger partial charge < -0.3 is 9.64 Å². The summed E-state index contributed by atoms with van der Waals surface area (Å²) in [5.41, 5.74) is -1.57. The van der Waals surface area contributed by atoms with Gasteiger partial charge in [-0.1, -0.05) is 12.1 Å². The van der Waals surface area contributed by atoms with Crippen LogP contribution >= 0.6 is 11.3 Å². The highest BCUT2D eigenvalue weighted by Gasteiger charge is 2.26. The van der Waals surface area contributed by atoms with E-state index in [1.807, 2.05) is 0 Å². The predicted molar refractivity (Wildman–Crippen MR) is 151 cm³/mol.